The summed E-state index contributed by atoms with van der Waals surface area (Å²) in [7, 11) is -2.25. The Kier molecular flexibility index (Phi) is 8.48. The van der Waals surface area contributed by atoms with Crippen molar-refractivity contribution in [3.63, 3.8) is 0 Å². The number of piperidine rings is 1. The predicted octanol–water partition coefficient (Wildman–Crippen LogP) is 3.94. The van der Waals surface area contributed by atoms with Gasteiger partial charge in [0.1, 0.15) is 0 Å². The number of benzene rings is 2. The largest absolute Gasteiger partial charge is 0.493 e. The van der Waals surface area contributed by atoms with Crippen molar-refractivity contribution in [1.29, 1.82) is 0 Å². The van der Waals surface area contributed by atoms with E-state index in [4.69, 9.17) is 4.74 Å². The van der Waals surface area contributed by atoms with Gasteiger partial charge in [-0.25, -0.2) is 8.42 Å². The van der Waals surface area contributed by atoms with E-state index in [9.17, 15) is 22.0 Å². The lowest BCUT2D eigenvalue weighted by Gasteiger charge is -2.34. The Balaban J connectivity index is 1.58. The molecule has 1 N–H and O–H groups in total. The van der Waals surface area contributed by atoms with Crippen LogP contribution >= 0.6 is 0 Å². The standard InChI is InChI=1S/C24H30F2N2O5S/c1-16-12-17(2)15-28(14-16)34(30,31)20-7-5-19(6-8-20)23(29)27-11-10-18-4-9-21(33-24(25)26)22(13-18)32-3/h4-9,13,16-17,24H,10-12,14-15H2,1-3H3,(H,27,29). The van der Waals surface area contributed by atoms with Crippen molar-refractivity contribution in [2.24, 2.45) is 11.8 Å². The zero-order valence-electron chi connectivity index (χ0n) is 19.5. The predicted molar refractivity (Wildman–Crippen MR) is 124 cm³/mol. The lowest BCUT2D eigenvalue weighted by Crippen LogP contribution is -2.42. The van der Waals surface area contributed by atoms with Crippen LogP contribution in [0.4, 0.5) is 8.78 Å². The molecule has 186 valence electrons. The Morgan fingerprint density at radius 2 is 1.74 bits per heavy atom. The number of ether oxygens (including phenoxy) is 2. The molecule has 2 aromatic rings. The van der Waals surface area contributed by atoms with E-state index in [0.717, 1.165) is 12.0 Å². The van der Waals surface area contributed by atoms with Crippen LogP contribution in [0.5, 0.6) is 11.5 Å². The summed E-state index contributed by atoms with van der Waals surface area (Å²) in [5.74, 6) is 0.383. The summed E-state index contributed by atoms with van der Waals surface area (Å²) in [5, 5.41) is 2.77. The third-order valence-electron chi connectivity index (χ3n) is 5.73. The number of sulfonamides is 1. The van der Waals surface area contributed by atoms with Gasteiger partial charge in [0.15, 0.2) is 11.5 Å². The SMILES string of the molecule is COc1cc(CCNC(=O)c2ccc(S(=O)(=O)N3CC(C)CC(C)C3)cc2)ccc1OC(F)F. The van der Waals surface area contributed by atoms with E-state index >= 15 is 0 Å². The smallest absolute Gasteiger partial charge is 0.387 e. The Labute approximate surface area is 199 Å². The van der Waals surface area contributed by atoms with Crippen molar-refractivity contribution in [3.8, 4) is 11.5 Å². The number of amides is 1. The molecular formula is C24H30F2N2O5S. The molecular weight excluding hydrogens is 466 g/mol. The van der Waals surface area contributed by atoms with Gasteiger partial charge in [0.2, 0.25) is 10.0 Å². The number of carbonyl (C=O) groups is 1. The summed E-state index contributed by atoms with van der Waals surface area (Å²) in [4.78, 5) is 12.7. The summed E-state index contributed by atoms with van der Waals surface area (Å²) in [6, 6.07) is 10.5. The monoisotopic (exact) mass is 496 g/mol. The van der Waals surface area contributed by atoms with Gasteiger partial charge >= 0.3 is 6.61 Å². The van der Waals surface area contributed by atoms with Crippen molar-refractivity contribution in [1.82, 2.24) is 9.62 Å². The zero-order valence-corrected chi connectivity index (χ0v) is 20.3. The van der Waals surface area contributed by atoms with E-state index in [-0.39, 0.29) is 22.3 Å². The molecule has 1 fully saturated rings. The fourth-order valence-electron chi connectivity index (χ4n) is 4.21. The number of halogens is 2. The quantitative estimate of drug-likeness (QED) is 0.569. The average Bonchev–Trinajstić information content (AvgIpc) is 2.79. The van der Waals surface area contributed by atoms with E-state index in [2.05, 4.69) is 10.1 Å². The van der Waals surface area contributed by atoms with E-state index in [1.807, 2.05) is 13.8 Å². The second-order valence-electron chi connectivity index (χ2n) is 8.66. The van der Waals surface area contributed by atoms with Gasteiger partial charge in [-0.3, -0.25) is 4.79 Å². The van der Waals surface area contributed by atoms with Crippen LogP contribution in [0.3, 0.4) is 0 Å². The maximum atomic E-state index is 13.0. The number of carbonyl (C=O) groups excluding carboxylic acids is 1. The van der Waals surface area contributed by atoms with Crippen molar-refractivity contribution in [2.75, 3.05) is 26.7 Å². The summed E-state index contributed by atoms with van der Waals surface area (Å²) in [6.07, 6.45) is 1.44. The van der Waals surface area contributed by atoms with Gasteiger partial charge in [-0.2, -0.15) is 13.1 Å². The maximum Gasteiger partial charge on any atom is 0.387 e. The summed E-state index contributed by atoms with van der Waals surface area (Å²) >= 11 is 0. The van der Waals surface area contributed by atoms with Crippen LogP contribution in [0.1, 0.15) is 36.2 Å². The molecule has 34 heavy (non-hydrogen) atoms. The van der Waals surface area contributed by atoms with Gasteiger partial charge in [-0.05, 0) is 66.6 Å². The molecule has 2 aromatic carbocycles. The molecule has 0 aromatic heterocycles. The van der Waals surface area contributed by atoms with Crippen LogP contribution in [-0.2, 0) is 16.4 Å². The number of nitrogens with one attached hydrogen (secondary N) is 1. The van der Waals surface area contributed by atoms with Crippen molar-refractivity contribution in [2.45, 2.75) is 38.2 Å². The minimum atomic E-state index is -3.61. The highest BCUT2D eigenvalue weighted by Gasteiger charge is 2.31. The van der Waals surface area contributed by atoms with Gasteiger partial charge in [-0.1, -0.05) is 19.9 Å². The van der Waals surface area contributed by atoms with E-state index in [1.165, 1.54) is 41.7 Å². The molecule has 1 aliphatic rings. The third-order valence-corrected chi connectivity index (χ3v) is 7.58. The molecule has 0 radical (unpaired) electrons. The summed E-state index contributed by atoms with van der Waals surface area (Å²) in [5.41, 5.74) is 1.11. The number of alkyl halides is 2. The lowest BCUT2D eigenvalue weighted by molar-refractivity contribution is -0.0512. The fourth-order valence-corrected chi connectivity index (χ4v) is 5.89. The molecule has 1 heterocycles. The van der Waals surface area contributed by atoms with E-state index in [1.54, 1.807) is 12.1 Å². The van der Waals surface area contributed by atoms with Crippen LogP contribution in [-0.4, -0.2) is 52.0 Å². The van der Waals surface area contributed by atoms with Crippen LogP contribution in [0.25, 0.3) is 0 Å². The Morgan fingerprint density at radius 3 is 2.32 bits per heavy atom. The first-order valence-corrected chi connectivity index (χ1v) is 12.5. The van der Waals surface area contributed by atoms with E-state index in [0.29, 0.717) is 43.5 Å². The molecule has 10 heteroatoms. The van der Waals surface area contributed by atoms with Gasteiger partial charge < -0.3 is 14.8 Å². The summed E-state index contributed by atoms with van der Waals surface area (Å²) in [6.45, 7) is 2.43. The van der Waals surface area contributed by atoms with Crippen molar-refractivity contribution in [3.05, 3.63) is 53.6 Å². The Morgan fingerprint density at radius 1 is 1.09 bits per heavy atom. The molecule has 0 saturated carbocycles. The highest BCUT2D eigenvalue weighted by Crippen LogP contribution is 2.30. The highest BCUT2D eigenvalue weighted by molar-refractivity contribution is 7.89. The zero-order chi connectivity index (χ0) is 24.9. The number of methoxy groups -OCH3 is 1. The normalized spacial score (nSPS) is 19.1. The molecule has 3 rings (SSSR count). The Hall–Kier alpha value is -2.72. The first-order valence-electron chi connectivity index (χ1n) is 11.1. The van der Waals surface area contributed by atoms with Crippen LogP contribution in [0.2, 0.25) is 0 Å². The molecule has 0 aliphatic carbocycles. The summed E-state index contributed by atoms with van der Waals surface area (Å²) < 4.78 is 61.9. The second-order valence-corrected chi connectivity index (χ2v) is 10.6. The van der Waals surface area contributed by atoms with Crippen LogP contribution in [0, 0.1) is 11.8 Å². The lowest BCUT2D eigenvalue weighted by atomic mass is 9.94. The van der Waals surface area contributed by atoms with Crippen molar-refractivity contribution >= 4 is 15.9 Å². The molecule has 0 bridgehead atoms. The van der Waals surface area contributed by atoms with Gasteiger partial charge in [-0.15, -0.1) is 0 Å². The van der Waals surface area contributed by atoms with Crippen LogP contribution < -0.4 is 14.8 Å². The van der Waals surface area contributed by atoms with Crippen molar-refractivity contribution < 1.29 is 31.5 Å². The number of hydrogen-bond acceptors (Lipinski definition) is 5. The molecule has 2 unspecified atom stereocenters. The molecule has 1 saturated heterocycles. The highest BCUT2D eigenvalue weighted by atomic mass is 32.2. The number of nitrogens with zero attached hydrogens (tertiary/aromatic N) is 1. The molecule has 2 atom stereocenters. The van der Waals surface area contributed by atoms with Gasteiger partial charge in [0, 0.05) is 25.2 Å². The minimum absolute atomic E-state index is 0.0613. The fraction of sp³-hybridized carbons (Fsp3) is 0.458. The van der Waals surface area contributed by atoms with E-state index < -0.39 is 16.6 Å². The number of hydrogen-bond donors (Lipinski definition) is 1. The molecule has 7 nitrogen and oxygen atoms in total. The van der Waals surface area contributed by atoms with Gasteiger partial charge in [0.25, 0.3) is 5.91 Å². The first kappa shape index (κ1) is 25.9. The molecule has 1 aliphatic heterocycles. The minimum Gasteiger partial charge on any atom is -0.493 e. The van der Waals surface area contributed by atoms with Gasteiger partial charge in [0.05, 0.1) is 12.0 Å². The average molecular weight is 497 g/mol. The molecule has 0 spiro atoms. The first-order chi connectivity index (χ1) is 16.1. The maximum absolute atomic E-state index is 13.0. The van der Waals surface area contributed by atoms with Crippen LogP contribution in [0.15, 0.2) is 47.4 Å². The third kappa shape index (κ3) is 6.44. The number of rotatable bonds is 9. The molecule has 1 amide bonds. The Bertz CT molecular complexity index is 1080. The second kappa shape index (κ2) is 11.1. The topological polar surface area (TPSA) is 84.9 Å².